The highest BCUT2D eigenvalue weighted by atomic mass is 16.1. The van der Waals surface area contributed by atoms with Crippen molar-refractivity contribution in [3.63, 3.8) is 0 Å². The molecule has 0 amide bonds. The summed E-state index contributed by atoms with van der Waals surface area (Å²) in [6.07, 6.45) is 2.10. The van der Waals surface area contributed by atoms with E-state index < -0.39 is 0 Å². The number of H-pyrrole nitrogens is 1. The van der Waals surface area contributed by atoms with E-state index in [0.29, 0.717) is 0 Å². The van der Waals surface area contributed by atoms with Crippen LogP contribution in [0.3, 0.4) is 0 Å². The van der Waals surface area contributed by atoms with Crippen molar-refractivity contribution in [3.8, 4) is 0 Å². The number of aromatic nitrogens is 2. The average molecular weight is 268 g/mol. The van der Waals surface area contributed by atoms with E-state index in [2.05, 4.69) is 37.9 Å². The van der Waals surface area contributed by atoms with Crippen molar-refractivity contribution in [1.29, 1.82) is 0 Å². The maximum atomic E-state index is 12.0. The molecular weight excluding hydrogens is 248 g/mol. The van der Waals surface area contributed by atoms with Crippen LogP contribution in [0.2, 0.25) is 0 Å². The summed E-state index contributed by atoms with van der Waals surface area (Å²) >= 11 is 0. The van der Waals surface area contributed by atoms with Crippen LogP contribution in [-0.2, 0) is 10.8 Å². The molecular formula is C17H20N2O. The van der Waals surface area contributed by atoms with E-state index in [1.54, 1.807) is 6.07 Å². The van der Waals surface area contributed by atoms with Gasteiger partial charge in [-0.3, -0.25) is 4.79 Å². The molecule has 0 bridgehead atoms. The monoisotopic (exact) mass is 268 g/mol. The maximum absolute atomic E-state index is 12.0. The van der Waals surface area contributed by atoms with Gasteiger partial charge >= 0.3 is 0 Å². The third kappa shape index (κ3) is 2.17. The zero-order valence-electron chi connectivity index (χ0n) is 12.2. The molecule has 3 heteroatoms. The topological polar surface area (TPSA) is 45.8 Å². The van der Waals surface area contributed by atoms with Crippen molar-refractivity contribution in [1.82, 2.24) is 9.97 Å². The van der Waals surface area contributed by atoms with Gasteiger partial charge in [0, 0.05) is 11.5 Å². The fraction of sp³-hybridized carbons (Fsp3) is 0.412. The minimum atomic E-state index is -0.115. The second-order valence-corrected chi connectivity index (χ2v) is 6.68. The van der Waals surface area contributed by atoms with Crippen molar-refractivity contribution < 1.29 is 0 Å². The fourth-order valence-electron chi connectivity index (χ4n) is 2.61. The summed E-state index contributed by atoms with van der Waals surface area (Å²) in [7, 11) is 0. The van der Waals surface area contributed by atoms with Crippen LogP contribution in [0.5, 0.6) is 0 Å². The van der Waals surface area contributed by atoms with Crippen LogP contribution in [0.15, 0.2) is 41.2 Å². The summed E-state index contributed by atoms with van der Waals surface area (Å²) in [4.78, 5) is 19.7. The highest BCUT2D eigenvalue weighted by molar-refractivity contribution is 5.39. The highest BCUT2D eigenvalue weighted by Crippen LogP contribution is 2.51. The smallest absolute Gasteiger partial charge is 0.251 e. The Morgan fingerprint density at radius 2 is 1.80 bits per heavy atom. The van der Waals surface area contributed by atoms with E-state index in [-0.39, 0.29) is 16.4 Å². The highest BCUT2D eigenvalue weighted by Gasteiger charge is 2.48. The van der Waals surface area contributed by atoms with E-state index in [1.807, 2.05) is 18.2 Å². The van der Waals surface area contributed by atoms with Crippen molar-refractivity contribution in [2.45, 2.75) is 44.4 Å². The summed E-state index contributed by atoms with van der Waals surface area (Å²) in [6, 6.07) is 12.0. The molecule has 20 heavy (non-hydrogen) atoms. The standard InChI is InChI=1S/C17H20N2O/c1-16(2,3)13-11-14(20)19-15(18-13)17(9-10-17)12-7-5-4-6-8-12/h4-8,11H,9-10H2,1-3H3,(H,18,19,20). The molecule has 1 aromatic heterocycles. The number of hydrogen-bond acceptors (Lipinski definition) is 2. The Hall–Kier alpha value is -1.90. The van der Waals surface area contributed by atoms with Crippen LogP contribution >= 0.6 is 0 Å². The Morgan fingerprint density at radius 3 is 2.35 bits per heavy atom. The van der Waals surface area contributed by atoms with Gasteiger partial charge in [0.05, 0.1) is 11.1 Å². The molecule has 2 aromatic rings. The number of rotatable bonds is 2. The van der Waals surface area contributed by atoms with E-state index >= 15 is 0 Å². The van der Waals surface area contributed by atoms with Crippen LogP contribution in [-0.4, -0.2) is 9.97 Å². The van der Waals surface area contributed by atoms with Gasteiger partial charge in [-0.05, 0) is 18.4 Å². The molecule has 0 spiro atoms. The number of aromatic amines is 1. The van der Waals surface area contributed by atoms with E-state index in [0.717, 1.165) is 24.4 Å². The summed E-state index contributed by atoms with van der Waals surface area (Å²) in [6.45, 7) is 6.25. The van der Waals surface area contributed by atoms with Crippen molar-refractivity contribution in [3.05, 3.63) is 63.8 Å². The van der Waals surface area contributed by atoms with Crippen molar-refractivity contribution in [2.75, 3.05) is 0 Å². The SMILES string of the molecule is CC(C)(C)c1cc(=O)[nH]c(C2(c3ccccc3)CC2)n1. The van der Waals surface area contributed by atoms with Crippen LogP contribution < -0.4 is 5.56 Å². The molecule has 1 saturated carbocycles. The zero-order chi connectivity index (χ0) is 14.4. The fourth-order valence-corrected chi connectivity index (χ4v) is 2.61. The largest absolute Gasteiger partial charge is 0.310 e. The van der Waals surface area contributed by atoms with Gasteiger partial charge in [-0.1, -0.05) is 51.1 Å². The minimum Gasteiger partial charge on any atom is -0.310 e. The molecule has 3 nitrogen and oxygen atoms in total. The molecule has 1 aliphatic rings. The molecule has 0 saturated heterocycles. The molecule has 1 N–H and O–H groups in total. The van der Waals surface area contributed by atoms with E-state index in [9.17, 15) is 4.79 Å². The first-order valence-electron chi connectivity index (χ1n) is 7.10. The molecule has 1 heterocycles. The number of nitrogens with one attached hydrogen (secondary N) is 1. The normalized spacial score (nSPS) is 16.9. The lowest BCUT2D eigenvalue weighted by atomic mass is 9.90. The van der Waals surface area contributed by atoms with Gasteiger partial charge < -0.3 is 4.98 Å². The number of hydrogen-bond donors (Lipinski definition) is 1. The van der Waals surface area contributed by atoms with Crippen LogP contribution in [0.4, 0.5) is 0 Å². The third-order valence-electron chi connectivity index (χ3n) is 4.04. The van der Waals surface area contributed by atoms with Gasteiger partial charge in [0.25, 0.3) is 5.56 Å². The van der Waals surface area contributed by atoms with Crippen molar-refractivity contribution >= 4 is 0 Å². The maximum Gasteiger partial charge on any atom is 0.251 e. The lowest BCUT2D eigenvalue weighted by molar-refractivity contribution is 0.555. The average Bonchev–Trinajstić information content (AvgIpc) is 3.19. The first-order chi connectivity index (χ1) is 9.42. The summed E-state index contributed by atoms with van der Waals surface area (Å²) in [5.74, 6) is 0.820. The number of nitrogens with zero attached hydrogens (tertiary/aromatic N) is 1. The van der Waals surface area contributed by atoms with Crippen LogP contribution in [0.25, 0.3) is 0 Å². The first kappa shape index (κ1) is 13.1. The first-order valence-corrected chi connectivity index (χ1v) is 7.10. The van der Waals surface area contributed by atoms with E-state index in [4.69, 9.17) is 4.98 Å². The van der Waals surface area contributed by atoms with Gasteiger partial charge in [0.2, 0.25) is 0 Å². The predicted molar refractivity (Wildman–Crippen MR) is 80.0 cm³/mol. The molecule has 1 fully saturated rings. The van der Waals surface area contributed by atoms with Crippen LogP contribution in [0.1, 0.15) is 50.7 Å². The zero-order valence-corrected chi connectivity index (χ0v) is 12.2. The lowest BCUT2D eigenvalue weighted by Crippen LogP contribution is -2.25. The molecule has 0 radical (unpaired) electrons. The lowest BCUT2D eigenvalue weighted by Gasteiger charge is -2.21. The van der Waals surface area contributed by atoms with E-state index in [1.165, 1.54) is 5.56 Å². The minimum absolute atomic E-state index is 0.0536. The Morgan fingerprint density at radius 1 is 1.15 bits per heavy atom. The van der Waals surface area contributed by atoms with Crippen molar-refractivity contribution in [2.24, 2.45) is 0 Å². The van der Waals surface area contributed by atoms with Gasteiger partial charge in [-0.2, -0.15) is 0 Å². The Kier molecular flexibility index (Phi) is 2.82. The van der Waals surface area contributed by atoms with Gasteiger partial charge in [-0.25, -0.2) is 4.98 Å². The summed E-state index contributed by atoms with van der Waals surface area (Å²) in [5, 5.41) is 0. The summed E-state index contributed by atoms with van der Waals surface area (Å²) in [5.41, 5.74) is 1.85. The van der Waals surface area contributed by atoms with Gasteiger partial charge in [0.1, 0.15) is 5.82 Å². The second-order valence-electron chi connectivity index (χ2n) is 6.68. The number of benzene rings is 1. The Bertz CT molecular complexity index is 676. The van der Waals surface area contributed by atoms with Crippen LogP contribution in [0, 0.1) is 0 Å². The van der Waals surface area contributed by atoms with Gasteiger partial charge in [-0.15, -0.1) is 0 Å². The second kappa shape index (κ2) is 4.30. The third-order valence-corrected chi connectivity index (χ3v) is 4.04. The van der Waals surface area contributed by atoms with Gasteiger partial charge in [0.15, 0.2) is 0 Å². The quantitative estimate of drug-likeness (QED) is 0.909. The molecule has 104 valence electrons. The summed E-state index contributed by atoms with van der Waals surface area (Å²) < 4.78 is 0. The molecule has 1 aromatic carbocycles. The Labute approximate surface area is 119 Å². The molecule has 3 rings (SSSR count). The molecule has 1 aliphatic carbocycles. The predicted octanol–water partition coefficient (Wildman–Crippen LogP) is 3.15. The molecule has 0 aliphatic heterocycles. The Balaban J connectivity index is 2.12. The molecule has 0 unspecified atom stereocenters. The molecule has 0 atom stereocenters.